The lowest BCUT2D eigenvalue weighted by atomic mass is 10.2. The molecule has 1 heterocycles. The summed E-state index contributed by atoms with van der Waals surface area (Å²) >= 11 is 0. The van der Waals surface area contributed by atoms with Crippen LogP contribution >= 0.6 is 0 Å². The molecule has 1 aromatic heterocycles. The Morgan fingerprint density at radius 1 is 1.11 bits per heavy atom. The minimum Gasteiger partial charge on any atom is -0.459 e. The van der Waals surface area contributed by atoms with Gasteiger partial charge in [-0.15, -0.1) is 10.2 Å². The van der Waals surface area contributed by atoms with Crippen LogP contribution in [0.4, 0.5) is 10.1 Å². The van der Waals surface area contributed by atoms with Crippen LogP contribution < -0.4 is 5.32 Å². The fourth-order valence-corrected chi connectivity index (χ4v) is 2.33. The van der Waals surface area contributed by atoms with Crippen molar-refractivity contribution in [2.75, 3.05) is 5.32 Å². The number of halogens is 1. The van der Waals surface area contributed by atoms with E-state index in [1.807, 2.05) is 0 Å². The molecule has 0 aliphatic rings. The number of carbonyl (C=O) groups excluding carboxylic acids is 2. The molecule has 0 radical (unpaired) electrons. The second-order valence-electron chi connectivity index (χ2n) is 6.23. The number of benzene rings is 2. The molecule has 0 aliphatic heterocycles. The van der Waals surface area contributed by atoms with Gasteiger partial charge in [0.1, 0.15) is 12.4 Å². The van der Waals surface area contributed by atoms with Crippen molar-refractivity contribution < 1.29 is 18.7 Å². The molecule has 3 aromatic rings. The zero-order valence-electron chi connectivity index (χ0n) is 15.3. The molecule has 1 N–H and O–H groups in total. The van der Waals surface area contributed by atoms with Gasteiger partial charge in [-0.2, -0.15) is 4.80 Å². The highest BCUT2D eigenvalue weighted by Gasteiger charge is 2.12. The van der Waals surface area contributed by atoms with Crippen molar-refractivity contribution >= 4 is 17.6 Å². The number of esters is 1. The molecule has 0 aliphatic carbocycles. The first-order valence-electron chi connectivity index (χ1n) is 8.55. The van der Waals surface area contributed by atoms with Gasteiger partial charge < -0.3 is 10.1 Å². The molecule has 0 saturated heterocycles. The fourth-order valence-electron chi connectivity index (χ4n) is 2.33. The minimum absolute atomic E-state index is 0.147. The van der Waals surface area contributed by atoms with Crippen LogP contribution in [0.1, 0.15) is 24.2 Å². The van der Waals surface area contributed by atoms with E-state index in [-0.39, 0.29) is 24.4 Å². The maximum atomic E-state index is 13.0. The molecule has 2 aromatic carbocycles. The monoisotopic (exact) mass is 383 g/mol. The Kier molecular flexibility index (Phi) is 5.73. The van der Waals surface area contributed by atoms with E-state index in [2.05, 4.69) is 20.7 Å². The van der Waals surface area contributed by atoms with Gasteiger partial charge >= 0.3 is 5.97 Å². The van der Waals surface area contributed by atoms with Crippen LogP contribution in [0.25, 0.3) is 11.4 Å². The fraction of sp³-hybridized carbons (Fsp3) is 0.211. The quantitative estimate of drug-likeness (QED) is 0.657. The van der Waals surface area contributed by atoms with Crippen molar-refractivity contribution in [1.29, 1.82) is 0 Å². The number of nitrogens with one attached hydrogen (secondary N) is 1. The van der Waals surface area contributed by atoms with E-state index >= 15 is 0 Å². The number of nitrogens with zero attached hydrogens (tertiary/aromatic N) is 4. The lowest BCUT2D eigenvalue weighted by Crippen LogP contribution is -2.20. The molecular formula is C19H18FN5O3. The topological polar surface area (TPSA) is 99.0 Å². The molecule has 3 rings (SSSR count). The Labute approximate surface area is 160 Å². The third-order valence-electron chi connectivity index (χ3n) is 3.59. The molecule has 0 bridgehead atoms. The van der Waals surface area contributed by atoms with E-state index < -0.39 is 5.97 Å². The van der Waals surface area contributed by atoms with Crippen LogP contribution in [-0.4, -0.2) is 38.2 Å². The second kappa shape index (κ2) is 8.38. The van der Waals surface area contributed by atoms with Gasteiger partial charge in [0.2, 0.25) is 11.7 Å². The lowest BCUT2D eigenvalue weighted by Gasteiger charge is -2.09. The molecule has 0 spiro atoms. The summed E-state index contributed by atoms with van der Waals surface area (Å²) in [6, 6.07) is 12.0. The highest BCUT2D eigenvalue weighted by Crippen LogP contribution is 2.14. The number of hydrogen-bond acceptors (Lipinski definition) is 6. The molecule has 0 unspecified atom stereocenters. The Balaban J connectivity index is 1.58. The van der Waals surface area contributed by atoms with Gasteiger partial charge in [0.25, 0.3) is 0 Å². The Bertz CT molecular complexity index is 968. The number of hydrogen-bond donors (Lipinski definition) is 1. The molecule has 0 saturated carbocycles. The van der Waals surface area contributed by atoms with Crippen LogP contribution in [0.15, 0.2) is 48.5 Å². The van der Waals surface area contributed by atoms with Crippen LogP contribution in [0, 0.1) is 5.82 Å². The predicted molar refractivity (Wildman–Crippen MR) is 98.8 cm³/mol. The normalized spacial score (nSPS) is 10.7. The number of carbonyl (C=O) groups is 2. The SMILES string of the molecule is CC(C)OC(=O)c1ccc(NC(=O)Cn2nnc(-c3ccc(F)cc3)n2)cc1. The third kappa shape index (κ3) is 4.97. The Morgan fingerprint density at radius 2 is 1.79 bits per heavy atom. The molecular weight excluding hydrogens is 365 g/mol. The lowest BCUT2D eigenvalue weighted by molar-refractivity contribution is -0.117. The van der Waals surface area contributed by atoms with E-state index in [0.29, 0.717) is 22.6 Å². The molecule has 9 heteroatoms. The summed E-state index contributed by atoms with van der Waals surface area (Å²) in [6.07, 6.45) is -0.207. The first-order valence-corrected chi connectivity index (χ1v) is 8.55. The van der Waals surface area contributed by atoms with E-state index in [0.717, 1.165) is 4.80 Å². The molecule has 8 nitrogen and oxygen atoms in total. The molecule has 0 fully saturated rings. The van der Waals surface area contributed by atoms with Gasteiger partial charge in [-0.05, 0) is 67.6 Å². The predicted octanol–water partition coefficient (Wildman–Crippen LogP) is 2.68. The third-order valence-corrected chi connectivity index (χ3v) is 3.59. The summed E-state index contributed by atoms with van der Waals surface area (Å²) < 4.78 is 18.1. The van der Waals surface area contributed by atoms with Crippen LogP contribution in [0.5, 0.6) is 0 Å². The summed E-state index contributed by atoms with van der Waals surface area (Å²) in [5.41, 5.74) is 1.51. The van der Waals surface area contributed by atoms with E-state index in [1.54, 1.807) is 38.1 Å². The number of tetrazole rings is 1. The van der Waals surface area contributed by atoms with Crippen molar-refractivity contribution in [1.82, 2.24) is 20.2 Å². The first kappa shape index (κ1) is 19.2. The minimum atomic E-state index is -0.423. The first-order chi connectivity index (χ1) is 13.4. The maximum Gasteiger partial charge on any atom is 0.338 e. The smallest absolute Gasteiger partial charge is 0.338 e. The van der Waals surface area contributed by atoms with Crippen LogP contribution in [0.3, 0.4) is 0 Å². The van der Waals surface area contributed by atoms with Gasteiger partial charge in [-0.3, -0.25) is 4.79 Å². The summed E-state index contributed by atoms with van der Waals surface area (Å²) in [5, 5.41) is 14.5. The molecule has 0 atom stereocenters. The Morgan fingerprint density at radius 3 is 2.43 bits per heavy atom. The standard InChI is InChI=1S/C19H18FN5O3/c1-12(2)28-19(27)14-5-9-16(10-6-14)21-17(26)11-25-23-18(22-24-25)13-3-7-15(20)8-4-13/h3-10,12H,11H2,1-2H3,(H,21,26). The van der Waals surface area contributed by atoms with Crippen molar-refractivity contribution in [2.45, 2.75) is 26.5 Å². The maximum absolute atomic E-state index is 13.0. The Hall–Kier alpha value is -3.62. The van der Waals surface area contributed by atoms with Crippen LogP contribution in [-0.2, 0) is 16.1 Å². The van der Waals surface area contributed by atoms with Crippen molar-refractivity contribution in [2.24, 2.45) is 0 Å². The summed E-state index contributed by atoms with van der Waals surface area (Å²) in [5.74, 6) is -0.853. The molecule has 28 heavy (non-hydrogen) atoms. The summed E-state index contributed by atoms with van der Waals surface area (Å²) in [6.45, 7) is 3.39. The number of amides is 1. The van der Waals surface area contributed by atoms with E-state index in [9.17, 15) is 14.0 Å². The van der Waals surface area contributed by atoms with Crippen molar-refractivity contribution in [3.63, 3.8) is 0 Å². The summed E-state index contributed by atoms with van der Waals surface area (Å²) in [7, 11) is 0. The number of anilines is 1. The van der Waals surface area contributed by atoms with E-state index in [1.165, 1.54) is 24.3 Å². The average Bonchev–Trinajstić information content (AvgIpc) is 3.10. The second-order valence-corrected chi connectivity index (χ2v) is 6.23. The number of rotatable bonds is 6. The van der Waals surface area contributed by atoms with Gasteiger partial charge in [0.05, 0.1) is 11.7 Å². The van der Waals surface area contributed by atoms with Gasteiger partial charge in [-0.25, -0.2) is 9.18 Å². The zero-order chi connectivity index (χ0) is 20.1. The number of ether oxygens (including phenoxy) is 1. The van der Waals surface area contributed by atoms with Crippen molar-refractivity contribution in [3.05, 3.63) is 59.9 Å². The van der Waals surface area contributed by atoms with Gasteiger partial charge in [-0.1, -0.05) is 0 Å². The average molecular weight is 383 g/mol. The van der Waals surface area contributed by atoms with Gasteiger partial charge in [0, 0.05) is 11.3 Å². The van der Waals surface area contributed by atoms with Crippen molar-refractivity contribution in [3.8, 4) is 11.4 Å². The van der Waals surface area contributed by atoms with Gasteiger partial charge in [0.15, 0.2) is 0 Å². The highest BCUT2D eigenvalue weighted by atomic mass is 19.1. The number of aromatic nitrogens is 4. The zero-order valence-corrected chi connectivity index (χ0v) is 15.3. The molecule has 1 amide bonds. The van der Waals surface area contributed by atoms with E-state index in [4.69, 9.17) is 4.74 Å². The highest BCUT2D eigenvalue weighted by molar-refractivity contribution is 5.93. The largest absolute Gasteiger partial charge is 0.459 e. The van der Waals surface area contributed by atoms with Crippen LogP contribution in [0.2, 0.25) is 0 Å². The summed E-state index contributed by atoms with van der Waals surface area (Å²) in [4.78, 5) is 25.1. The molecule has 144 valence electrons.